The largest absolute Gasteiger partial charge is 0.300 e. The molecule has 0 N–H and O–H groups in total. The number of likely N-dealkylation sites (tertiary alicyclic amines) is 1. The Balaban J connectivity index is 1.98. The summed E-state index contributed by atoms with van der Waals surface area (Å²) < 4.78 is 0. The average molecular weight is 165 g/mol. The molecule has 0 aromatic heterocycles. The van der Waals surface area contributed by atoms with Crippen LogP contribution in [0.5, 0.6) is 0 Å². The Morgan fingerprint density at radius 3 is 2.83 bits per heavy atom. The number of nitrogens with zero attached hydrogens (tertiary/aromatic N) is 1. The zero-order valence-electron chi connectivity index (χ0n) is 8.38. The molecule has 3 rings (SSSR count). The fraction of sp³-hybridized carbons (Fsp3) is 1.00. The minimum Gasteiger partial charge on any atom is -0.300 e. The van der Waals surface area contributed by atoms with Crippen LogP contribution in [0.25, 0.3) is 0 Å². The number of piperidine rings is 1. The van der Waals surface area contributed by atoms with Gasteiger partial charge in [-0.2, -0.15) is 0 Å². The molecule has 0 aromatic rings. The highest BCUT2D eigenvalue weighted by molar-refractivity contribution is 5.18. The van der Waals surface area contributed by atoms with Crippen molar-refractivity contribution in [3.63, 3.8) is 0 Å². The van der Waals surface area contributed by atoms with Gasteiger partial charge < -0.3 is 4.90 Å². The smallest absolute Gasteiger partial charge is 0.0103 e. The molecular formula is C11H19N. The maximum absolute atomic E-state index is 2.64. The van der Waals surface area contributed by atoms with Crippen LogP contribution in [0, 0.1) is 17.3 Å². The van der Waals surface area contributed by atoms with Crippen molar-refractivity contribution < 1.29 is 0 Å². The minimum absolute atomic E-state index is 0.773. The van der Waals surface area contributed by atoms with Gasteiger partial charge in [-0.25, -0.2) is 0 Å². The van der Waals surface area contributed by atoms with Gasteiger partial charge >= 0.3 is 0 Å². The molecule has 2 aliphatic carbocycles. The van der Waals surface area contributed by atoms with Crippen molar-refractivity contribution in [1.82, 2.24) is 4.90 Å². The van der Waals surface area contributed by atoms with Crippen LogP contribution >= 0.6 is 0 Å². The number of fused-ring (bicyclic) bond motifs is 2. The lowest BCUT2D eigenvalue weighted by Crippen LogP contribution is -2.45. The van der Waals surface area contributed by atoms with Gasteiger partial charge in [0.15, 0.2) is 0 Å². The van der Waals surface area contributed by atoms with E-state index in [9.17, 15) is 0 Å². The highest BCUT2D eigenvalue weighted by Crippen LogP contribution is 2.70. The van der Waals surface area contributed by atoms with Crippen molar-refractivity contribution >= 4 is 0 Å². The van der Waals surface area contributed by atoms with E-state index in [0.717, 1.165) is 29.3 Å². The molecule has 1 nitrogen and oxygen atoms in total. The molecular weight excluding hydrogens is 146 g/mol. The molecule has 1 heterocycles. The number of rotatable bonds is 0. The van der Waals surface area contributed by atoms with Gasteiger partial charge in [0.2, 0.25) is 0 Å². The quantitative estimate of drug-likeness (QED) is 0.531. The summed E-state index contributed by atoms with van der Waals surface area (Å²) in [5.74, 6) is 2.13. The van der Waals surface area contributed by atoms with Crippen LogP contribution in [-0.4, -0.2) is 24.0 Å². The van der Waals surface area contributed by atoms with Crippen molar-refractivity contribution in [3.8, 4) is 0 Å². The SMILES string of the molecule is CC1C2C3CCC(CC32C)N1C. The molecule has 2 bridgehead atoms. The fourth-order valence-corrected chi connectivity index (χ4v) is 4.30. The van der Waals surface area contributed by atoms with Gasteiger partial charge in [-0.3, -0.25) is 0 Å². The first-order valence-corrected chi connectivity index (χ1v) is 5.36. The summed E-state index contributed by atoms with van der Waals surface area (Å²) in [6.07, 6.45) is 4.47. The van der Waals surface area contributed by atoms with Gasteiger partial charge in [-0.05, 0) is 50.5 Å². The Labute approximate surface area is 75.1 Å². The van der Waals surface area contributed by atoms with Crippen LogP contribution in [0.2, 0.25) is 0 Å². The standard InChI is InChI=1S/C11H19N/c1-7-10-9-5-4-8(12(7)3)6-11(9,10)2/h7-10H,4-6H2,1-3H3. The van der Waals surface area contributed by atoms with Crippen LogP contribution in [0.15, 0.2) is 0 Å². The van der Waals surface area contributed by atoms with E-state index in [2.05, 4.69) is 25.8 Å². The van der Waals surface area contributed by atoms with E-state index in [0.29, 0.717) is 0 Å². The predicted octanol–water partition coefficient (Wildman–Crippen LogP) is 2.13. The van der Waals surface area contributed by atoms with Gasteiger partial charge in [0, 0.05) is 12.1 Å². The molecule has 1 aliphatic heterocycles. The van der Waals surface area contributed by atoms with Crippen molar-refractivity contribution in [3.05, 3.63) is 0 Å². The van der Waals surface area contributed by atoms with Gasteiger partial charge in [0.25, 0.3) is 0 Å². The van der Waals surface area contributed by atoms with Crippen LogP contribution in [-0.2, 0) is 0 Å². The van der Waals surface area contributed by atoms with E-state index in [-0.39, 0.29) is 0 Å². The molecule has 68 valence electrons. The van der Waals surface area contributed by atoms with Crippen molar-refractivity contribution in [1.29, 1.82) is 0 Å². The normalized spacial score (nSPS) is 63.2. The Morgan fingerprint density at radius 1 is 1.33 bits per heavy atom. The number of hydrogen-bond donors (Lipinski definition) is 0. The minimum atomic E-state index is 0.773. The lowest BCUT2D eigenvalue weighted by molar-refractivity contribution is 0.0781. The first-order chi connectivity index (χ1) is 5.64. The maximum atomic E-state index is 2.64. The summed E-state index contributed by atoms with van der Waals surface area (Å²) in [7, 11) is 2.33. The molecule has 5 atom stereocenters. The summed E-state index contributed by atoms with van der Waals surface area (Å²) in [6.45, 7) is 4.96. The average Bonchev–Trinajstić information content (AvgIpc) is 2.68. The maximum Gasteiger partial charge on any atom is 0.0103 e. The van der Waals surface area contributed by atoms with Crippen molar-refractivity contribution in [2.45, 2.75) is 45.2 Å². The van der Waals surface area contributed by atoms with Crippen LogP contribution in [0.3, 0.4) is 0 Å². The van der Waals surface area contributed by atoms with E-state index in [1.54, 1.807) is 0 Å². The second kappa shape index (κ2) is 1.89. The number of hydrogen-bond acceptors (Lipinski definition) is 1. The van der Waals surface area contributed by atoms with Crippen molar-refractivity contribution in [2.75, 3.05) is 7.05 Å². The van der Waals surface area contributed by atoms with Gasteiger partial charge in [0.1, 0.15) is 0 Å². The molecule has 3 fully saturated rings. The Hall–Kier alpha value is -0.0400. The summed E-state index contributed by atoms with van der Waals surface area (Å²) in [4.78, 5) is 2.64. The third kappa shape index (κ3) is 0.618. The molecule has 1 saturated heterocycles. The first-order valence-electron chi connectivity index (χ1n) is 5.36. The first kappa shape index (κ1) is 7.37. The Bertz CT molecular complexity index is 223. The van der Waals surface area contributed by atoms with Crippen LogP contribution in [0.1, 0.15) is 33.1 Å². The highest BCUT2D eigenvalue weighted by atomic mass is 15.2. The van der Waals surface area contributed by atoms with Gasteiger partial charge in [-0.15, -0.1) is 0 Å². The summed E-state index contributed by atoms with van der Waals surface area (Å²) in [5.41, 5.74) is 0.773. The van der Waals surface area contributed by atoms with Crippen LogP contribution in [0.4, 0.5) is 0 Å². The summed E-state index contributed by atoms with van der Waals surface area (Å²) in [6, 6.07) is 1.78. The van der Waals surface area contributed by atoms with E-state index in [1.165, 1.54) is 19.3 Å². The Morgan fingerprint density at radius 2 is 2.08 bits per heavy atom. The molecule has 0 radical (unpaired) electrons. The molecule has 12 heavy (non-hydrogen) atoms. The lowest BCUT2D eigenvalue weighted by atomic mass is 9.82. The van der Waals surface area contributed by atoms with Crippen LogP contribution < -0.4 is 0 Å². The molecule has 3 aliphatic rings. The molecule has 0 aromatic carbocycles. The van der Waals surface area contributed by atoms with Crippen molar-refractivity contribution in [2.24, 2.45) is 17.3 Å². The third-order valence-corrected chi connectivity index (χ3v) is 5.16. The van der Waals surface area contributed by atoms with E-state index in [4.69, 9.17) is 0 Å². The van der Waals surface area contributed by atoms with E-state index < -0.39 is 0 Å². The molecule has 5 unspecified atom stereocenters. The zero-order valence-corrected chi connectivity index (χ0v) is 8.38. The molecule has 0 amide bonds. The Kier molecular flexibility index (Phi) is 1.16. The van der Waals surface area contributed by atoms with E-state index >= 15 is 0 Å². The molecule has 2 saturated carbocycles. The monoisotopic (exact) mass is 165 g/mol. The van der Waals surface area contributed by atoms with E-state index in [1.807, 2.05) is 0 Å². The molecule has 0 spiro atoms. The van der Waals surface area contributed by atoms with Gasteiger partial charge in [-0.1, -0.05) is 6.92 Å². The third-order valence-electron chi connectivity index (χ3n) is 5.16. The lowest BCUT2D eigenvalue weighted by Gasteiger charge is -2.41. The summed E-state index contributed by atoms with van der Waals surface area (Å²) >= 11 is 0. The second-order valence-corrected chi connectivity index (χ2v) is 5.48. The summed E-state index contributed by atoms with van der Waals surface area (Å²) in [5, 5.41) is 0. The fourth-order valence-electron chi connectivity index (χ4n) is 4.30. The predicted molar refractivity (Wildman–Crippen MR) is 50.0 cm³/mol. The molecule has 1 heteroatoms. The highest BCUT2D eigenvalue weighted by Gasteiger charge is 2.68. The second-order valence-electron chi connectivity index (χ2n) is 5.48. The zero-order chi connectivity index (χ0) is 8.51. The topological polar surface area (TPSA) is 3.24 Å². The van der Waals surface area contributed by atoms with Gasteiger partial charge in [0.05, 0.1) is 0 Å².